The lowest BCUT2D eigenvalue weighted by molar-refractivity contribution is 0.0384. The van der Waals surface area contributed by atoms with Crippen molar-refractivity contribution in [1.29, 1.82) is 0 Å². The van der Waals surface area contributed by atoms with Gasteiger partial charge in [-0.2, -0.15) is 9.40 Å². The van der Waals surface area contributed by atoms with Gasteiger partial charge in [-0.15, -0.1) is 0 Å². The van der Waals surface area contributed by atoms with Crippen LogP contribution in [0.15, 0.2) is 17.3 Å². The van der Waals surface area contributed by atoms with Gasteiger partial charge in [0.2, 0.25) is 0 Å². The average Bonchev–Trinajstić information content (AvgIpc) is 2.76. The minimum atomic E-state index is -3.58. The van der Waals surface area contributed by atoms with E-state index in [1.165, 1.54) is 21.3 Å². The van der Waals surface area contributed by atoms with Crippen molar-refractivity contribution in [2.45, 2.75) is 11.1 Å². The van der Waals surface area contributed by atoms with E-state index in [0.29, 0.717) is 0 Å². The number of aromatic nitrogens is 2. The van der Waals surface area contributed by atoms with Crippen molar-refractivity contribution in [1.82, 2.24) is 14.1 Å². The molecule has 1 aromatic rings. The second-order valence-electron chi connectivity index (χ2n) is 3.92. The molecule has 0 saturated carbocycles. The van der Waals surface area contributed by atoms with Crippen molar-refractivity contribution < 1.29 is 13.2 Å². The Balaban J connectivity index is 2.26. The molecule has 7 nitrogen and oxygen atoms in total. The Labute approximate surface area is 111 Å². The van der Waals surface area contributed by atoms with Crippen molar-refractivity contribution in [3.63, 3.8) is 0 Å². The van der Waals surface area contributed by atoms with E-state index in [-0.39, 0.29) is 29.7 Å². The van der Waals surface area contributed by atoms with Crippen molar-refractivity contribution >= 4 is 27.2 Å². The molecule has 100 valence electrons. The number of nitrogens with two attached hydrogens (primary N) is 1. The summed E-state index contributed by atoms with van der Waals surface area (Å²) in [5, 5.41) is 4.01. The molecular formula is C9H14N4O3S2. The summed E-state index contributed by atoms with van der Waals surface area (Å²) in [5.41, 5.74) is 5.49. The summed E-state index contributed by atoms with van der Waals surface area (Å²) in [6, 6.07) is 1.46. The number of morpholine rings is 1. The molecule has 0 aliphatic carbocycles. The number of thiocarbonyl (C=S) groups is 1. The minimum Gasteiger partial charge on any atom is -0.391 e. The predicted molar refractivity (Wildman–Crippen MR) is 68.5 cm³/mol. The molecule has 2 heterocycles. The van der Waals surface area contributed by atoms with Gasteiger partial charge in [-0.05, 0) is 6.07 Å². The number of sulfonamides is 1. The smallest absolute Gasteiger partial charge is 0.260 e. The van der Waals surface area contributed by atoms with E-state index in [1.54, 1.807) is 7.05 Å². The quantitative estimate of drug-likeness (QED) is 0.725. The van der Waals surface area contributed by atoms with Crippen LogP contribution in [0.4, 0.5) is 0 Å². The van der Waals surface area contributed by atoms with Crippen LogP contribution in [0.5, 0.6) is 0 Å². The third-order valence-corrected chi connectivity index (χ3v) is 4.93. The Morgan fingerprint density at radius 2 is 2.39 bits per heavy atom. The van der Waals surface area contributed by atoms with Crippen LogP contribution in [0.25, 0.3) is 0 Å². The molecule has 1 atom stereocenters. The van der Waals surface area contributed by atoms with Crippen LogP contribution in [0.1, 0.15) is 0 Å². The molecule has 1 aliphatic heterocycles. The van der Waals surface area contributed by atoms with Gasteiger partial charge in [-0.3, -0.25) is 4.68 Å². The first-order chi connectivity index (χ1) is 8.43. The molecule has 1 fully saturated rings. The SMILES string of the molecule is Cn1nccc1S(=O)(=O)N1CCOC(C(N)=S)C1. The Kier molecular flexibility index (Phi) is 3.66. The van der Waals surface area contributed by atoms with E-state index in [2.05, 4.69) is 5.10 Å². The predicted octanol–water partition coefficient (Wildman–Crippen LogP) is -0.904. The second kappa shape index (κ2) is 4.92. The van der Waals surface area contributed by atoms with Gasteiger partial charge >= 0.3 is 0 Å². The standard InChI is InChI=1S/C9H14N4O3S2/c1-12-8(2-3-11-12)18(14,15)13-4-5-16-7(6-13)9(10)17/h2-3,7H,4-6H2,1H3,(H2,10,17). The van der Waals surface area contributed by atoms with Crippen molar-refractivity contribution in [3.8, 4) is 0 Å². The monoisotopic (exact) mass is 290 g/mol. The molecule has 0 aromatic carbocycles. The molecule has 0 spiro atoms. The molecule has 2 rings (SSSR count). The Hall–Kier alpha value is -1.03. The van der Waals surface area contributed by atoms with Crippen LogP contribution >= 0.6 is 12.2 Å². The third kappa shape index (κ3) is 2.39. The molecule has 9 heteroatoms. The largest absolute Gasteiger partial charge is 0.391 e. The number of nitrogens with zero attached hydrogens (tertiary/aromatic N) is 3. The van der Waals surface area contributed by atoms with E-state index in [1.807, 2.05) is 0 Å². The van der Waals surface area contributed by atoms with Crippen LogP contribution in [-0.4, -0.2) is 53.3 Å². The molecule has 1 unspecified atom stereocenters. The highest BCUT2D eigenvalue weighted by atomic mass is 32.2. The van der Waals surface area contributed by atoms with Crippen LogP contribution in [-0.2, 0) is 21.8 Å². The fourth-order valence-electron chi connectivity index (χ4n) is 1.76. The normalized spacial score (nSPS) is 21.9. The summed E-state index contributed by atoms with van der Waals surface area (Å²) in [7, 11) is -2.00. The van der Waals surface area contributed by atoms with Gasteiger partial charge < -0.3 is 10.5 Å². The number of aryl methyl sites for hydroxylation is 1. The van der Waals surface area contributed by atoms with Crippen LogP contribution in [0.3, 0.4) is 0 Å². The van der Waals surface area contributed by atoms with Gasteiger partial charge in [-0.25, -0.2) is 8.42 Å². The van der Waals surface area contributed by atoms with Crippen molar-refractivity contribution in [2.24, 2.45) is 12.8 Å². The maximum atomic E-state index is 12.4. The highest BCUT2D eigenvalue weighted by Gasteiger charge is 2.33. The average molecular weight is 290 g/mol. The van der Waals surface area contributed by atoms with Gasteiger partial charge in [0.1, 0.15) is 11.1 Å². The van der Waals surface area contributed by atoms with E-state index in [4.69, 9.17) is 22.7 Å². The highest BCUT2D eigenvalue weighted by Crippen LogP contribution is 2.17. The summed E-state index contributed by atoms with van der Waals surface area (Å²) in [5.74, 6) is 0. The minimum absolute atomic E-state index is 0.142. The molecule has 1 aliphatic rings. The maximum Gasteiger partial charge on any atom is 0.260 e. The third-order valence-electron chi connectivity index (χ3n) is 2.73. The van der Waals surface area contributed by atoms with Gasteiger partial charge in [0, 0.05) is 20.1 Å². The van der Waals surface area contributed by atoms with Crippen molar-refractivity contribution in [3.05, 3.63) is 12.3 Å². The number of ether oxygens (including phenoxy) is 1. The van der Waals surface area contributed by atoms with Crippen LogP contribution in [0, 0.1) is 0 Å². The van der Waals surface area contributed by atoms with Gasteiger partial charge in [0.15, 0.2) is 5.03 Å². The van der Waals surface area contributed by atoms with E-state index >= 15 is 0 Å². The summed E-state index contributed by atoms with van der Waals surface area (Å²) >= 11 is 4.83. The molecule has 18 heavy (non-hydrogen) atoms. The fourth-order valence-corrected chi connectivity index (χ4v) is 3.43. The van der Waals surface area contributed by atoms with E-state index < -0.39 is 16.1 Å². The molecule has 0 amide bonds. The molecule has 0 radical (unpaired) electrons. The van der Waals surface area contributed by atoms with E-state index in [9.17, 15) is 8.42 Å². The first kappa shape index (κ1) is 13.4. The Bertz CT molecular complexity index is 554. The zero-order chi connectivity index (χ0) is 13.3. The summed E-state index contributed by atoms with van der Waals surface area (Å²) < 4.78 is 32.7. The topological polar surface area (TPSA) is 90.5 Å². The van der Waals surface area contributed by atoms with Gasteiger partial charge in [0.25, 0.3) is 10.0 Å². The molecule has 2 N–H and O–H groups in total. The molecular weight excluding hydrogens is 276 g/mol. The number of hydrogen-bond donors (Lipinski definition) is 1. The lowest BCUT2D eigenvalue weighted by Crippen LogP contribution is -2.50. The lowest BCUT2D eigenvalue weighted by Gasteiger charge is -2.31. The maximum absolute atomic E-state index is 12.4. The molecule has 0 bridgehead atoms. The van der Waals surface area contributed by atoms with Crippen molar-refractivity contribution in [2.75, 3.05) is 19.7 Å². The van der Waals surface area contributed by atoms with Gasteiger partial charge in [-0.1, -0.05) is 12.2 Å². The number of rotatable bonds is 3. The summed E-state index contributed by atoms with van der Waals surface area (Å²) in [6.07, 6.45) is 0.912. The first-order valence-corrected chi connectivity index (χ1v) is 7.17. The highest BCUT2D eigenvalue weighted by molar-refractivity contribution is 7.89. The van der Waals surface area contributed by atoms with Crippen LogP contribution in [0.2, 0.25) is 0 Å². The van der Waals surface area contributed by atoms with Crippen LogP contribution < -0.4 is 5.73 Å². The zero-order valence-corrected chi connectivity index (χ0v) is 11.4. The van der Waals surface area contributed by atoms with E-state index in [0.717, 1.165) is 0 Å². The fraction of sp³-hybridized carbons (Fsp3) is 0.556. The summed E-state index contributed by atoms with van der Waals surface area (Å²) in [4.78, 5) is 0.167. The Morgan fingerprint density at radius 1 is 1.67 bits per heavy atom. The second-order valence-corrected chi connectivity index (χ2v) is 6.27. The summed E-state index contributed by atoms with van der Waals surface area (Å²) in [6.45, 7) is 0.703. The van der Waals surface area contributed by atoms with Gasteiger partial charge in [0.05, 0.1) is 12.8 Å². The molecule has 1 aromatic heterocycles. The zero-order valence-electron chi connectivity index (χ0n) is 9.81. The Morgan fingerprint density at radius 3 is 2.94 bits per heavy atom. The first-order valence-electron chi connectivity index (χ1n) is 5.32. The molecule has 1 saturated heterocycles. The number of hydrogen-bond acceptors (Lipinski definition) is 5. The lowest BCUT2D eigenvalue weighted by atomic mass is 10.3.